The summed E-state index contributed by atoms with van der Waals surface area (Å²) in [6.07, 6.45) is 0. The predicted octanol–water partition coefficient (Wildman–Crippen LogP) is 10.1. The van der Waals surface area contributed by atoms with Gasteiger partial charge in [-0.3, -0.25) is 0 Å². The molecule has 2 radical (unpaired) electrons. The van der Waals surface area contributed by atoms with Crippen LogP contribution in [0.15, 0.2) is 150 Å². The molecule has 0 amide bonds. The van der Waals surface area contributed by atoms with Gasteiger partial charge in [0.25, 0.3) is 0 Å². The molecule has 204 valence electrons. The van der Waals surface area contributed by atoms with Gasteiger partial charge in [0, 0.05) is 48.9 Å². The van der Waals surface area contributed by atoms with Crippen LogP contribution in [-0.4, -0.2) is 17.0 Å². The standard InChI is InChI=1S/C40H24BBrN2/c41-25-17-21-27(22-18-25)43-35-15-7-5-13-33(35)37-30-10-2-4-12-32(30)40-38(29-9-1-3-11-31(29)39(37)43)34-14-6-8-16-36(34)44(40)28-23-19-26(42)20-24-28/h1-24H. The summed E-state index contributed by atoms with van der Waals surface area (Å²) in [7, 11) is 6.17. The molecule has 0 saturated carbocycles. The number of hydrogen-bond donors (Lipinski definition) is 0. The summed E-state index contributed by atoms with van der Waals surface area (Å²) in [5.74, 6) is 0. The van der Waals surface area contributed by atoms with Crippen LogP contribution in [0.1, 0.15) is 0 Å². The normalized spacial score (nSPS) is 11.8. The zero-order valence-electron chi connectivity index (χ0n) is 23.7. The lowest BCUT2D eigenvalue weighted by molar-refractivity contribution is 1.13. The molecule has 0 saturated heterocycles. The van der Waals surface area contributed by atoms with E-state index >= 15 is 0 Å². The maximum absolute atomic E-state index is 6.17. The van der Waals surface area contributed by atoms with Gasteiger partial charge in [-0.15, -0.1) is 0 Å². The van der Waals surface area contributed by atoms with Gasteiger partial charge in [-0.25, -0.2) is 0 Å². The second-order valence-electron chi connectivity index (χ2n) is 11.3. The molecule has 8 aromatic rings. The van der Waals surface area contributed by atoms with Crippen molar-refractivity contribution in [2.24, 2.45) is 0 Å². The average Bonchev–Trinajstić information content (AvgIpc) is 3.58. The molecule has 0 aliphatic heterocycles. The molecule has 1 aliphatic carbocycles. The van der Waals surface area contributed by atoms with E-state index < -0.39 is 0 Å². The smallest absolute Gasteiger partial charge is 0.113 e. The molecule has 6 aromatic carbocycles. The van der Waals surface area contributed by atoms with E-state index in [-0.39, 0.29) is 0 Å². The van der Waals surface area contributed by atoms with E-state index in [9.17, 15) is 0 Å². The topological polar surface area (TPSA) is 9.86 Å². The van der Waals surface area contributed by atoms with E-state index in [1.807, 2.05) is 12.1 Å². The van der Waals surface area contributed by atoms with Crippen LogP contribution in [0.5, 0.6) is 0 Å². The Morgan fingerprint density at radius 3 is 1.27 bits per heavy atom. The van der Waals surface area contributed by atoms with Crippen molar-refractivity contribution in [3.63, 3.8) is 0 Å². The largest absolute Gasteiger partial charge is 0.309 e. The van der Waals surface area contributed by atoms with Gasteiger partial charge in [0.2, 0.25) is 0 Å². The van der Waals surface area contributed by atoms with E-state index in [2.05, 4.69) is 159 Å². The minimum atomic E-state index is 0.754. The number of halogens is 1. The average molecular weight is 623 g/mol. The van der Waals surface area contributed by atoms with Crippen molar-refractivity contribution in [1.29, 1.82) is 0 Å². The molecule has 2 heterocycles. The van der Waals surface area contributed by atoms with Gasteiger partial charge in [0.15, 0.2) is 0 Å². The minimum absolute atomic E-state index is 0.754. The van der Waals surface area contributed by atoms with Gasteiger partial charge >= 0.3 is 0 Å². The molecule has 44 heavy (non-hydrogen) atoms. The Labute approximate surface area is 265 Å². The summed E-state index contributed by atoms with van der Waals surface area (Å²) in [5.41, 5.74) is 15.0. The number of nitrogens with zero attached hydrogens (tertiary/aromatic N) is 2. The number of hydrogen-bond acceptors (Lipinski definition) is 0. The van der Waals surface area contributed by atoms with Crippen LogP contribution in [0.25, 0.3) is 77.9 Å². The molecule has 0 spiro atoms. The first-order chi connectivity index (χ1) is 21.7. The molecule has 1 aliphatic rings. The Bertz CT molecular complexity index is 2220. The molecule has 9 rings (SSSR count). The second kappa shape index (κ2) is 9.73. The maximum Gasteiger partial charge on any atom is 0.113 e. The third-order valence-corrected chi connectivity index (χ3v) is 9.42. The maximum atomic E-state index is 6.17. The first kappa shape index (κ1) is 25.4. The summed E-state index contributed by atoms with van der Waals surface area (Å²) < 4.78 is 5.92. The van der Waals surface area contributed by atoms with Crippen molar-refractivity contribution in [2.75, 3.05) is 0 Å². The van der Waals surface area contributed by atoms with Crippen LogP contribution >= 0.6 is 15.9 Å². The lowest BCUT2D eigenvalue weighted by Crippen LogP contribution is -2.05. The fourth-order valence-corrected chi connectivity index (χ4v) is 7.36. The van der Waals surface area contributed by atoms with Gasteiger partial charge in [-0.05, 0) is 59.7 Å². The monoisotopic (exact) mass is 622 g/mol. The van der Waals surface area contributed by atoms with Crippen molar-refractivity contribution in [3.8, 4) is 56.1 Å². The van der Waals surface area contributed by atoms with E-state index in [4.69, 9.17) is 7.85 Å². The summed E-state index contributed by atoms with van der Waals surface area (Å²) in [6, 6.07) is 52.2. The number of para-hydroxylation sites is 2. The van der Waals surface area contributed by atoms with Crippen LogP contribution < -0.4 is 5.46 Å². The molecular weight excluding hydrogens is 599 g/mol. The molecule has 0 atom stereocenters. The zero-order valence-corrected chi connectivity index (χ0v) is 25.3. The van der Waals surface area contributed by atoms with Crippen molar-refractivity contribution >= 4 is 51.0 Å². The summed E-state index contributed by atoms with van der Waals surface area (Å²) in [5, 5.41) is 2.45. The van der Waals surface area contributed by atoms with Gasteiger partial charge in [-0.1, -0.05) is 118 Å². The summed E-state index contributed by atoms with van der Waals surface area (Å²) in [6.45, 7) is 0. The van der Waals surface area contributed by atoms with Crippen LogP contribution in [0.3, 0.4) is 0 Å². The van der Waals surface area contributed by atoms with Crippen LogP contribution in [0.2, 0.25) is 0 Å². The third kappa shape index (κ3) is 3.61. The van der Waals surface area contributed by atoms with Crippen molar-refractivity contribution in [3.05, 3.63) is 150 Å². The highest BCUT2D eigenvalue weighted by Crippen LogP contribution is 2.54. The first-order valence-corrected chi connectivity index (χ1v) is 15.6. The van der Waals surface area contributed by atoms with Crippen molar-refractivity contribution in [1.82, 2.24) is 9.13 Å². The number of rotatable bonds is 2. The molecule has 0 N–H and O–H groups in total. The Morgan fingerprint density at radius 1 is 0.409 bits per heavy atom. The van der Waals surface area contributed by atoms with Gasteiger partial charge in [0.05, 0.1) is 22.4 Å². The van der Waals surface area contributed by atoms with Crippen LogP contribution in [0, 0.1) is 0 Å². The van der Waals surface area contributed by atoms with E-state index in [1.54, 1.807) is 0 Å². The zero-order chi connectivity index (χ0) is 29.4. The van der Waals surface area contributed by atoms with Crippen molar-refractivity contribution < 1.29 is 0 Å². The Balaban J connectivity index is 1.52. The van der Waals surface area contributed by atoms with E-state index in [1.165, 1.54) is 66.6 Å². The molecule has 0 unspecified atom stereocenters. The lowest BCUT2D eigenvalue weighted by Gasteiger charge is -2.23. The molecular formula is C40H24BBrN2. The Hall–Kier alpha value is -5.06. The first-order valence-electron chi connectivity index (χ1n) is 14.8. The highest BCUT2D eigenvalue weighted by molar-refractivity contribution is 9.10. The van der Waals surface area contributed by atoms with Gasteiger partial charge in [0.1, 0.15) is 7.85 Å². The molecule has 4 heteroatoms. The molecule has 2 nitrogen and oxygen atoms in total. The fraction of sp³-hybridized carbons (Fsp3) is 0. The van der Waals surface area contributed by atoms with E-state index in [0.717, 1.165) is 21.3 Å². The lowest BCUT2D eigenvalue weighted by atomic mass is 9.84. The van der Waals surface area contributed by atoms with E-state index in [0.29, 0.717) is 0 Å². The number of fused-ring (bicyclic) bond motifs is 12. The Kier molecular flexibility index (Phi) is 5.63. The SMILES string of the molecule is [B]c1ccc(-n2c3c(c4ccccc42)-c2ccccc2-c2c(c4ccccc4n2-c2ccc(Br)cc2)-c2ccccc2-3)cc1. The Morgan fingerprint density at radius 2 is 0.795 bits per heavy atom. The van der Waals surface area contributed by atoms with Gasteiger partial charge < -0.3 is 9.13 Å². The fourth-order valence-electron chi connectivity index (χ4n) is 7.10. The number of aromatic nitrogens is 2. The second-order valence-corrected chi connectivity index (χ2v) is 12.2. The minimum Gasteiger partial charge on any atom is -0.309 e. The summed E-state index contributed by atoms with van der Waals surface area (Å²) in [4.78, 5) is 0. The quantitative estimate of drug-likeness (QED) is 0.170. The van der Waals surface area contributed by atoms with Crippen LogP contribution in [0.4, 0.5) is 0 Å². The third-order valence-electron chi connectivity index (χ3n) is 8.89. The molecule has 2 aromatic heterocycles. The highest BCUT2D eigenvalue weighted by Gasteiger charge is 2.31. The van der Waals surface area contributed by atoms with Crippen molar-refractivity contribution in [2.45, 2.75) is 0 Å². The van der Waals surface area contributed by atoms with Crippen LogP contribution in [-0.2, 0) is 0 Å². The molecule has 0 bridgehead atoms. The predicted molar refractivity (Wildman–Crippen MR) is 188 cm³/mol. The highest BCUT2D eigenvalue weighted by atomic mass is 79.9. The number of benzene rings is 6. The molecule has 0 fully saturated rings. The summed E-state index contributed by atoms with van der Waals surface area (Å²) >= 11 is 3.65. The van der Waals surface area contributed by atoms with Gasteiger partial charge in [-0.2, -0.15) is 0 Å².